The minimum Gasteiger partial charge on any atom is -0.423 e. The summed E-state index contributed by atoms with van der Waals surface area (Å²) in [5.74, 6) is 1.06. The Morgan fingerprint density at radius 3 is 2.77 bits per heavy atom. The molecule has 2 N–H and O–H groups in total. The molecule has 0 aliphatic heterocycles. The minimum absolute atomic E-state index is 0.557. The maximum atomic E-state index is 8.92. The van der Waals surface area contributed by atoms with E-state index >= 15 is 0 Å². The molecule has 0 radical (unpaired) electrons. The van der Waals surface area contributed by atoms with Crippen LogP contribution in [0.2, 0.25) is 0 Å². The summed E-state index contributed by atoms with van der Waals surface area (Å²) in [6, 6.07) is 7.34. The Labute approximate surface area is 83.1 Å². The van der Waals surface area contributed by atoms with Gasteiger partial charge in [-0.15, -0.1) is 11.8 Å². The summed E-state index contributed by atoms with van der Waals surface area (Å²) in [6.45, 7) is 2.12. The molecule has 1 aromatic carbocycles. The van der Waals surface area contributed by atoms with E-state index in [-0.39, 0.29) is 0 Å². The highest BCUT2D eigenvalue weighted by Gasteiger charge is 2.10. The summed E-state index contributed by atoms with van der Waals surface area (Å²) in [5.41, 5.74) is 0.557. The highest BCUT2D eigenvalue weighted by Crippen LogP contribution is 2.16. The Morgan fingerprint density at radius 1 is 1.38 bits per heavy atom. The zero-order valence-corrected chi connectivity index (χ0v) is 8.42. The number of hydrogen-bond acceptors (Lipinski definition) is 3. The van der Waals surface area contributed by atoms with Crippen LogP contribution in [0.15, 0.2) is 29.2 Å². The van der Waals surface area contributed by atoms with Gasteiger partial charge in [-0.05, 0) is 29.8 Å². The maximum absolute atomic E-state index is 8.92. The summed E-state index contributed by atoms with van der Waals surface area (Å²) in [4.78, 5) is 1.09. The van der Waals surface area contributed by atoms with Crippen LogP contribution in [-0.2, 0) is 0 Å². The third kappa shape index (κ3) is 3.42. The van der Waals surface area contributed by atoms with Crippen molar-refractivity contribution in [3.8, 4) is 0 Å². The van der Waals surface area contributed by atoms with Gasteiger partial charge in [-0.25, -0.2) is 0 Å². The highest BCUT2D eigenvalue weighted by atomic mass is 32.2. The van der Waals surface area contributed by atoms with Gasteiger partial charge in [-0.2, -0.15) is 0 Å². The van der Waals surface area contributed by atoms with Crippen LogP contribution in [0, 0.1) is 0 Å². The molecule has 0 aromatic heterocycles. The smallest absolute Gasteiger partial charge is 0.423 e. The van der Waals surface area contributed by atoms with E-state index in [2.05, 4.69) is 6.92 Å². The average Bonchev–Trinajstić information content (AvgIpc) is 2.15. The monoisotopic (exact) mass is 196 g/mol. The molecule has 0 fully saturated rings. The zero-order valence-electron chi connectivity index (χ0n) is 7.60. The standard InChI is InChI=1S/C9H13BO2S/c1-2-6-13-9-5-3-4-8(7-9)10(11)12/h3-5,7,11-12H,2,6H2,1H3. The number of rotatable bonds is 4. The average molecular weight is 196 g/mol. The number of hydrogen-bond donors (Lipinski definition) is 2. The van der Waals surface area contributed by atoms with Crippen LogP contribution in [-0.4, -0.2) is 22.9 Å². The molecule has 0 atom stereocenters. The molecule has 0 unspecified atom stereocenters. The topological polar surface area (TPSA) is 40.5 Å². The van der Waals surface area contributed by atoms with Crippen molar-refractivity contribution in [2.75, 3.05) is 5.75 Å². The Kier molecular flexibility index (Phi) is 4.35. The number of benzene rings is 1. The molecule has 0 heterocycles. The molecular weight excluding hydrogens is 183 g/mol. The van der Waals surface area contributed by atoms with Gasteiger partial charge in [0.25, 0.3) is 0 Å². The molecule has 0 saturated carbocycles. The zero-order chi connectivity index (χ0) is 9.68. The van der Waals surface area contributed by atoms with Crippen molar-refractivity contribution in [3.05, 3.63) is 24.3 Å². The van der Waals surface area contributed by atoms with Crippen molar-refractivity contribution < 1.29 is 10.0 Å². The summed E-state index contributed by atoms with van der Waals surface area (Å²) >= 11 is 1.73. The van der Waals surface area contributed by atoms with Gasteiger partial charge in [-0.3, -0.25) is 0 Å². The van der Waals surface area contributed by atoms with Gasteiger partial charge in [0.05, 0.1) is 0 Å². The SMILES string of the molecule is CCCSc1cccc(B(O)O)c1. The van der Waals surface area contributed by atoms with Crippen LogP contribution < -0.4 is 5.46 Å². The van der Waals surface area contributed by atoms with Gasteiger partial charge in [0.1, 0.15) is 0 Å². The Hall–Kier alpha value is -0.445. The molecular formula is C9H13BO2S. The first-order chi connectivity index (χ1) is 6.24. The van der Waals surface area contributed by atoms with Gasteiger partial charge in [0, 0.05) is 4.90 Å². The second-order valence-electron chi connectivity index (χ2n) is 2.79. The quantitative estimate of drug-likeness (QED) is 0.554. The first kappa shape index (κ1) is 10.6. The van der Waals surface area contributed by atoms with Crippen LogP contribution in [0.3, 0.4) is 0 Å². The van der Waals surface area contributed by atoms with E-state index in [0.717, 1.165) is 17.1 Å². The molecule has 0 amide bonds. The van der Waals surface area contributed by atoms with E-state index in [1.165, 1.54) is 0 Å². The van der Waals surface area contributed by atoms with Crippen molar-refractivity contribution >= 4 is 24.3 Å². The van der Waals surface area contributed by atoms with Gasteiger partial charge in [0.2, 0.25) is 0 Å². The lowest BCUT2D eigenvalue weighted by atomic mass is 9.80. The molecule has 2 nitrogen and oxygen atoms in total. The molecule has 0 spiro atoms. The second kappa shape index (κ2) is 5.32. The van der Waals surface area contributed by atoms with E-state index in [0.29, 0.717) is 5.46 Å². The van der Waals surface area contributed by atoms with Gasteiger partial charge >= 0.3 is 7.12 Å². The lowest BCUT2D eigenvalue weighted by Gasteiger charge is -2.02. The summed E-state index contributed by atoms with van der Waals surface area (Å²) < 4.78 is 0. The molecule has 0 aliphatic rings. The summed E-state index contributed by atoms with van der Waals surface area (Å²) in [7, 11) is -1.36. The van der Waals surface area contributed by atoms with E-state index in [9.17, 15) is 0 Å². The van der Waals surface area contributed by atoms with Crippen molar-refractivity contribution in [1.82, 2.24) is 0 Å². The van der Waals surface area contributed by atoms with Crippen LogP contribution in [0.5, 0.6) is 0 Å². The predicted molar refractivity (Wildman–Crippen MR) is 57.3 cm³/mol. The van der Waals surface area contributed by atoms with Gasteiger partial charge in [-0.1, -0.05) is 19.1 Å². The molecule has 4 heteroatoms. The highest BCUT2D eigenvalue weighted by molar-refractivity contribution is 7.99. The molecule has 13 heavy (non-hydrogen) atoms. The molecule has 70 valence electrons. The summed E-state index contributed by atoms with van der Waals surface area (Å²) in [6.07, 6.45) is 1.12. The fraction of sp³-hybridized carbons (Fsp3) is 0.333. The molecule has 0 saturated heterocycles. The normalized spacial score (nSPS) is 10.1. The Bertz CT molecular complexity index is 266. The van der Waals surface area contributed by atoms with Gasteiger partial charge in [0.15, 0.2) is 0 Å². The third-order valence-electron chi connectivity index (χ3n) is 1.63. The van der Waals surface area contributed by atoms with E-state index in [1.807, 2.05) is 18.2 Å². The van der Waals surface area contributed by atoms with Crippen LogP contribution in [0.4, 0.5) is 0 Å². The van der Waals surface area contributed by atoms with Crippen molar-refractivity contribution in [2.24, 2.45) is 0 Å². The third-order valence-corrected chi connectivity index (χ3v) is 2.83. The van der Waals surface area contributed by atoms with E-state index in [1.54, 1.807) is 17.8 Å². The molecule has 1 aromatic rings. The fourth-order valence-corrected chi connectivity index (χ4v) is 1.82. The lowest BCUT2D eigenvalue weighted by molar-refractivity contribution is 0.425. The van der Waals surface area contributed by atoms with Crippen LogP contribution in [0.1, 0.15) is 13.3 Å². The number of thioether (sulfide) groups is 1. The molecule has 1 rings (SSSR count). The van der Waals surface area contributed by atoms with E-state index in [4.69, 9.17) is 10.0 Å². The molecule has 0 bridgehead atoms. The minimum atomic E-state index is -1.36. The predicted octanol–water partition coefficient (Wildman–Crippen LogP) is 0.868. The van der Waals surface area contributed by atoms with Crippen LogP contribution >= 0.6 is 11.8 Å². The first-order valence-corrected chi connectivity index (χ1v) is 5.31. The lowest BCUT2D eigenvalue weighted by Crippen LogP contribution is -2.29. The Balaban J connectivity index is 2.68. The Morgan fingerprint density at radius 2 is 2.15 bits per heavy atom. The van der Waals surface area contributed by atoms with Gasteiger partial charge < -0.3 is 10.0 Å². The first-order valence-electron chi connectivity index (χ1n) is 4.33. The second-order valence-corrected chi connectivity index (χ2v) is 3.96. The largest absolute Gasteiger partial charge is 0.488 e. The van der Waals surface area contributed by atoms with Crippen molar-refractivity contribution in [1.29, 1.82) is 0 Å². The maximum Gasteiger partial charge on any atom is 0.488 e. The summed E-state index contributed by atoms with van der Waals surface area (Å²) in [5, 5.41) is 17.8. The fourth-order valence-electron chi connectivity index (χ4n) is 0.985. The van der Waals surface area contributed by atoms with Crippen LogP contribution in [0.25, 0.3) is 0 Å². The van der Waals surface area contributed by atoms with E-state index < -0.39 is 7.12 Å². The van der Waals surface area contributed by atoms with Crippen molar-refractivity contribution in [3.63, 3.8) is 0 Å². The molecule has 0 aliphatic carbocycles. The van der Waals surface area contributed by atoms with Crippen molar-refractivity contribution in [2.45, 2.75) is 18.2 Å².